The molecule has 0 radical (unpaired) electrons. The molecule has 2 aromatic rings. The lowest BCUT2D eigenvalue weighted by molar-refractivity contribution is 0.294. The second-order valence-electron chi connectivity index (χ2n) is 4.51. The van der Waals surface area contributed by atoms with Crippen molar-refractivity contribution in [2.75, 3.05) is 7.11 Å². The van der Waals surface area contributed by atoms with Gasteiger partial charge in [-0.3, -0.25) is 0 Å². The van der Waals surface area contributed by atoms with Crippen molar-refractivity contribution in [1.29, 1.82) is 0 Å². The predicted molar refractivity (Wildman–Crippen MR) is 73.2 cm³/mol. The van der Waals surface area contributed by atoms with E-state index in [9.17, 15) is 4.39 Å². The zero-order chi connectivity index (χ0) is 13.8. The van der Waals surface area contributed by atoms with Gasteiger partial charge < -0.3 is 9.47 Å². The molecule has 0 saturated carbocycles. The largest absolute Gasteiger partial charge is 0.496 e. The molecule has 0 aromatic heterocycles. The summed E-state index contributed by atoms with van der Waals surface area (Å²) < 4.78 is 24.0. The minimum absolute atomic E-state index is 0.252. The maximum atomic E-state index is 13.0. The Balaban J connectivity index is 2.16. The highest BCUT2D eigenvalue weighted by molar-refractivity contribution is 5.38. The molecule has 2 aromatic carbocycles. The second kappa shape index (κ2) is 5.74. The smallest absolute Gasteiger partial charge is 0.125 e. The molecule has 0 aliphatic rings. The first-order valence-electron chi connectivity index (χ1n) is 6.12. The third kappa shape index (κ3) is 3.25. The van der Waals surface area contributed by atoms with Crippen LogP contribution in [0.4, 0.5) is 4.39 Å². The van der Waals surface area contributed by atoms with Gasteiger partial charge in [-0.15, -0.1) is 0 Å². The van der Waals surface area contributed by atoms with E-state index < -0.39 is 0 Å². The molecule has 0 saturated heterocycles. The van der Waals surface area contributed by atoms with Crippen LogP contribution in [0.5, 0.6) is 11.5 Å². The maximum Gasteiger partial charge on any atom is 0.125 e. The van der Waals surface area contributed by atoms with E-state index in [1.54, 1.807) is 13.2 Å². The van der Waals surface area contributed by atoms with Gasteiger partial charge in [0.05, 0.1) is 7.11 Å². The van der Waals surface area contributed by atoms with E-state index in [4.69, 9.17) is 9.47 Å². The number of methoxy groups -OCH3 is 1. The summed E-state index contributed by atoms with van der Waals surface area (Å²) in [6.45, 7) is 4.25. The van der Waals surface area contributed by atoms with Crippen LogP contribution in [0.1, 0.15) is 16.7 Å². The van der Waals surface area contributed by atoms with Gasteiger partial charge in [-0.1, -0.05) is 11.6 Å². The molecule has 2 nitrogen and oxygen atoms in total. The third-order valence-electron chi connectivity index (χ3n) is 2.96. The molecule has 0 fully saturated rings. The van der Waals surface area contributed by atoms with Gasteiger partial charge in [-0.25, -0.2) is 4.39 Å². The molecule has 3 heteroatoms. The molecule has 0 heterocycles. The first kappa shape index (κ1) is 13.4. The molecule has 0 spiro atoms. The molecule has 0 aliphatic heterocycles. The van der Waals surface area contributed by atoms with Crippen molar-refractivity contribution in [2.24, 2.45) is 0 Å². The van der Waals surface area contributed by atoms with Gasteiger partial charge in [-0.05, 0) is 49.7 Å². The number of rotatable bonds is 4. The summed E-state index contributed by atoms with van der Waals surface area (Å²) in [7, 11) is 1.64. The van der Waals surface area contributed by atoms with E-state index in [-0.39, 0.29) is 5.82 Å². The number of hydrogen-bond donors (Lipinski definition) is 0. The Hall–Kier alpha value is -2.03. The first-order chi connectivity index (χ1) is 9.10. The minimum Gasteiger partial charge on any atom is -0.496 e. The van der Waals surface area contributed by atoms with Crippen LogP contribution in [0, 0.1) is 19.7 Å². The predicted octanol–water partition coefficient (Wildman–Crippen LogP) is 4.03. The van der Waals surface area contributed by atoms with E-state index in [1.807, 2.05) is 32.0 Å². The van der Waals surface area contributed by atoms with Crippen molar-refractivity contribution in [2.45, 2.75) is 20.5 Å². The van der Waals surface area contributed by atoms with Crippen LogP contribution in [0.3, 0.4) is 0 Å². The number of hydrogen-bond acceptors (Lipinski definition) is 2. The van der Waals surface area contributed by atoms with Crippen molar-refractivity contribution >= 4 is 0 Å². The van der Waals surface area contributed by atoms with E-state index in [0.29, 0.717) is 12.4 Å². The average molecular weight is 260 g/mol. The Labute approximate surface area is 112 Å². The molecule has 100 valence electrons. The molecule has 19 heavy (non-hydrogen) atoms. The van der Waals surface area contributed by atoms with Crippen molar-refractivity contribution in [3.05, 3.63) is 58.9 Å². The van der Waals surface area contributed by atoms with Crippen LogP contribution >= 0.6 is 0 Å². The Bertz CT molecular complexity index is 579. The van der Waals surface area contributed by atoms with E-state index in [0.717, 1.165) is 22.4 Å². The van der Waals surface area contributed by atoms with E-state index in [2.05, 4.69) is 0 Å². The summed E-state index contributed by atoms with van der Waals surface area (Å²) in [5.74, 6) is 1.23. The maximum absolute atomic E-state index is 13.0. The Morgan fingerprint density at radius 3 is 2.42 bits per heavy atom. The van der Waals surface area contributed by atoms with Crippen molar-refractivity contribution in [3.8, 4) is 11.5 Å². The molecular weight excluding hydrogens is 243 g/mol. The van der Waals surface area contributed by atoms with Crippen LogP contribution in [-0.2, 0) is 6.61 Å². The second-order valence-corrected chi connectivity index (χ2v) is 4.51. The molecule has 0 bridgehead atoms. The fraction of sp³-hybridized carbons (Fsp3) is 0.250. The molecule has 0 aliphatic carbocycles. The molecule has 0 atom stereocenters. The monoisotopic (exact) mass is 260 g/mol. The normalized spacial score (nSPS) is 10.3. The lowest BCUT2D eigenvalue weighted by Gasteiger charge is -2.12. The minimum atomic E-state index is -0.252. The summed E-state index contributed by atoms with van der Waals surface area (Å²) >= 11 is 0. The van der Waals surface area contributed by atoms with Crippen molar-refractivity contribution in [3.63, 3.8) is 0 Å². The van der Waals surface area contributed by atoms with Crippen LogP contribution < -0.4 is 9.47 Å². The summed E-state index contributed by atoms with van der Waals surface area (Å²) in [5.41, 5.74) is 2.91. The van der Waals surface area contributed by atoms with Gasteiger partial charge in [0.2, 0.25) is 0 Å². The summed E-state index contributed by atoms with van der Waals surface area (Å²) in [4.78, 5) is 0. The zero-order valence-corrected chi connectivity index (χ0v) is 11.4. The van der Waals surface area contributed by atoms with Gasteiger partial charge in [0, 0.05) is 5.56 Å². The van der Waals surface area contributed by atoms with Crippen LogP contribution in [0.15, 0.2) is 36.4 Å². The van der Waals surface area contributed by atoms with Gasteiger partial charge in [0.15, 0.2) is 0 Å². The van der Waals surface area contributed by atoms with Crippen LogP contribution in [0.25, 0.3) is 0 Å². The fourth-order valence-electron chi connectivity index (χ4n) is 1.95. The number of aryl methyl sites for hydroxylation is 2. The fourth-order valence-corrected chi connectivity index (χ4v) is 1.95. The summed E-state index contributed by atoms with van der Waals surface area (Å²) in [6.07, 6.45) is 0. The average Bonchev–Trinajstić information content (AvgIpc) is 2.38. The van der Waals surface area contributed by atoms with Crippen LogP contribution in [-0.4, -0.2) is 7.11 Å². The summed E-state index contributed by atoms with van der Waals surface area (Å²) in [5, 5.41) is 0. The number of halogens is 1. The quantitative estimate of drug-likeness (QED) is 0.826. The van der Waals surface area contributed by atoms with Gasteiger partial charge >= 0.3 is 0 Å². The van der Waals surface area contributed by atoms with Gasteiger partial charge in [0.1, 0.15) is 23.9 Å². The molecular formula is C16H17FO2. The topological polar surface area (TPSA) is 18.5 Å². The lowest BCUT2D eigenvalue weighted by atomic mass is 10.1. The number of benzene rings is 2. The zero-order valence-electron chi connectivity index (χ0n) is 11.4. The molecule has 2 rings (SSSR count). The first-order valence-corrected chi connectivity index (χ1v) is 6.12. The van der Waals surface area contributed by atoms with Crippen molar-refractivity contribution in [1.82, 2.24) is 0 Å². The summed E-state index contributed by atoms with van der Waals surface area (Å²) in [6, 6.07) is 10.4. The Morgan fingerprint density at radius 2 is 1.74 bits per heavy atom. The highest BCUT2D eigenvalue weighted by Crippen LogP contribution is 2.24. The molecule has 0 amide bonds. The Kier molecular flexibility index (Phi) is 4.05. The van der Waals surface area contributed by atoms with Gasteiger partial charge in [-0.2, -0.15) is 0 Å². The third-order valence-corrected chi connectivity index (χ3v) is 2.96. The van der Waals surface area contributed by atoms with Crippen molar-refractivity contribution < 1.29 is 13.9 Å². The molecule has 0 N–H and O–H groups in total. The SMILES string of the molecule is COc1ccc(C)cc1COc1ccc(F)cc1C. The van der Waals surface area contributed by atoms with Gasteiger partial charge in [0.25, 0.3) is 0 Å². The van der Waals surface area contributed by atoms with E-state index in [1.165, 1.54) is 12.1 Å². The standard InChI is InChI=1S/C16H17FO2/c1-11-4-6-16(18-3)13(8-11)10-19-15-7-5-14(17)9-12(15)2/h4-9H,10H2,1-3H3. The van der Waals surface area contributed by atoms with E-state index >= 15 is 0 Å². The Morgan fingerprint density at radius 1 is 1.00 bits per heavy atom. The highest BCUT2D eigenvalue weighted by atomic mass is 19.1. The lowest BCUT2D eigenvalue weighted by Crippen LogP contribution is -2.00. The number of ether oxygens (including phenoxy) is 2. The molecule has 0 unspecified atom stereocenters. The van der Waals surface area contributed by atoms with Crippen LogP contribution in [0.2, 0.25) is 0 Å². The highest BCUT2D eigenvalue weighted by Gasteiger charge is 2.06.